The van der Waals surface area contributed by atoms with Gasteiger partial charge in [-0.05, 0) is 56.5 Å². The molecule has 3 heteroatoms. The van der Waals surface area contributed by atoms with E-state index >= 15 is 0 Å². The summed E-state index contributed by atoms with van der Waals surface area (Å²) in [6.45, 7) is 5.45. The van der Waals surface area contributed by atoms with Gasteiger partial charge >= 0.3 is 0 Å². The van der Waals surface area contributed by atoms with Crippen LogP contribution in [-0.4, -0.2) is 26.7 Å². The molecule has 0 spiro atoms. The molecular weight excluding hydrogens is 212 g/mol. The second-order valence-electron chi connectivity index (χ2n) is 4.78. The van der Waals surface area contributed by atoms with Gasteiger partial charge in [0.05, 0.1) is 12.8 Å². The van der Waals surface area contributed by atoms with E-state index < -0.39 is 0 Å². The normalized spacial score (nSPS) is 16.8. The molecule has 2 rings (SSSR count). The summed E-state index contributed by atoms with van der Waals surface area (Å²) in [5.41, 5.74) is 2.38. The van der Waals surface area contributed by atoms with Crippen LogP contribution in [0.3, 0.4) is 0 Å². The molecule has 3 nitrogen and oxygen atoms in total. The first-order valence-electron chi connectivity index (χ1n) is 6.39. The highest BCUT2D eigenvalue weighted by Gasteiger charge is 2.13. The number of anilines is 1. The average Bonchev–Trinajstić information content (AvgIpc) is 2.38. The number of nitrogens with one attached hydrogen (secondary N) is 2. The van der Waals surface area contributed by atoms with Gasteiger partial charge in [-0.3, -0.25) is 0 Å². The zero-order valence-corrected chi connectivity index (χ0v) is 10.8. The Kier molecular flexibility index (Phi) is 4.26. The molecule has 1 aliphatic heterocycles. The highest BCUT2D eigenvalue weighted by molar-refractivity contribution is 5.57. The van der Waals surface area contributed by atoms with Gasteiger partial charge in [0.1, 0.15) is 5.75 Å². The van der Waals surface area contributed by atoms with Crippen LogP contribution in [0, 0.1) is 12.8 Å². The number of hydrogen-bond acceptors (Lipinski definition) is 3. The van der Waals surface area contributed by atoms with Crippen LogP contribution in [0.15, 0.2) is 18.2 Å². The molecule has 0 radical (unpaired) electrons. The summed E-state index contributed by atoms with van der Waals surface area (Å²) in [5.74, 6) is 1.71. The maximum atomic E-state index is 5.37. The average molecular weight is 234 g/mol. The fourth-order valence-electron chi connectivity index (χ4n) is 2.30. The molecule has 1 saturated heterocycles. The summed E-state index contributed by atoms with van der Waals surface area (Å²) in [7, 11) is 1.72. The molecule has 0 atom stereocenters. The first kappa shape index (κ1) is 12.2. The predicted molar refractivity (Wildman–Crippen MR) is 71.8 cm³/mol. The Morgan fingerprint density at radius 2 is 2.12 bits per heavy atom. The molecule has 0 aromatic heterocycles. The van der Waals surface area contributed by atoms with Gasteiger partial charge in [-0.15, -0.1) is 0 Å². The number of ether oxygens (including phenoxy) is 1. The van der Waals surface area contributed by atoms with Gasteiger partial charge < -0.3 is 15.4 Å². The molecule has 1 aromatic rings. The molecule has 17 heavy (non-hydrogen) atoms. The van der Waals surface area contributed by atoms with E-state index in [0.29, 0.717) is 0 Å². The Hall–Kier alpha value is -1.22. The molecule has 0 bridgehead atoms. The summed E-state index contributed by atoms with van der Waals surface area (Å²) < 4.78 is 5.37. The topological polar surface area (TPSA) is 33.3 Å². The van der Waals surface area contributed by atoms with E-state index in [2.05, 4.69) is 29.7 Å². The van der Waals surface area contributed by atoms with Crippen LogP contribution < -0.4 is 15.4 Å². The Bertz CT molecular complexity index is 359. The van der Waals surface area contributed by atoms with Crippen molar-refractivity contribution in [2.45, 2.75) is 19.8 Å². The molecule has 0 amide bonds. The monoisotopic (exact) mass is 234 g/mol. The van der Waals surface area contributed by atoms with Gasteiger partial charge in [0, 0.05) is 6.54 Å². The highest BCUT2D eigenvalue weighted by atomic mass is 16.5. The van der Waals surface area contributed by atoms with Crippen molar-refractivity contribution >= 4 is 5.69 Å². The first-order chi connectivity index (χ1) is 8.29. The van der Waals surface area contributed by atoms with E-state index in [-0.39, 0.29) is 0 Å². The molecule has 1 fully saturated rings. The summed E-state index contributed by atoms with van der Waals surface area (Å²) in [6, 6.07) is 6.26. The Labute approximate surface area is 104 Å². The molecule has 0 unspecified atom stereocenters. The van der Waals surface area contributed by atoms with Gasteiger partial charge in [0.15, 0.2) is 0 Å². The van der Waals surface area contributed by atoms with Crippen molar-refractivity contribution in [1.82, 2.24) is 5.32 Å². The van der Waals surface area contributed by atoms with Crippen LogP contribution in [0.4, 0.5) is 5.69 Å². The van der Waals surface area contributed by atoms with Crippen molar-refractivity contribution in [1.29, 1.82) is 0 Å². The minimum Gasteiger partial charge on any atom is -0.495 e. The van der Waals surface area contributed by atoms with Crippen molar-refractivity contribution < 1.29 is 4.74 Å². The van der Waals surface area contributed by atoms with E-state index in [0.717, 1.165) is 37.0 Å². The summed E-state index contributed by atoms with van der Waals surface area (Å²) >= 11 is 0. The van der Waals surface area contributed by atoms with Gasteiger partial charge in [0.25, 0.3) is 0 Å². The van der Waals surface area contributed by atoms with Crippen LogP contribution in [0.1, 0.15) is 18.4 Å². The van der Waals surface area contributed by atoms with Crippen LogP contribution in [0.2, 0.25) is 0 Å². The fraction of sp³-hybridized carbons (Fsp3) is 0.571. The SMILES string of the molecule is COc1ccc(C)cc1NCC1CCNCC1. The Balaban J connectivity index is 1.95. The molecule has 1 aliphatic rings. The van der Waals surface area contributed by atoms with E-state index in [1.807, 2.05) is 6.07 Å². The van der Waals surface area contributed by atoms with Gasteiger partial charge in [0.2, 0.25) is 0 Å². The van der Waals surface area contributed by atoms with Gasteiger partial charge in [-0.2, -0.15) is 0 Å². The molecule has 0 aliphatic carbocycles. The van der Waals surface area contributed by atoms with Crippen molar-refractivity contribution in [3.05, 3.63) is 23.8 Å². The van der Waals surface area contributed by atoms with Crippen molar-refractivity contribution in [3.63, 3.8) is 0 Å². The summed E-state index contributed by atoms with van der Waals surface area (Å²) in [4.78, 5) is 0. The lowest BCUT2D eigenvalue weighted by Gasteiger charge is -2.23. The number of piperidine rings is 1. The Morgan fingerprint density at radius 1 is 1.35 bits per heavy atom. The van der Waals surface area contributed by atoms with E-state index in [4.69, 9.17) is 4.74 Å². The zero-order chi connectivity index (χ0) is 12.1. The Morgan fingerprint density at radius 3 is 2.82 bits per heavy atom. The second-order valence-corrected chi connectivity index (χ2v) is 4.78. The van der Waals surface area contributed by atoms with E-state index in [1.165, 1.54) is 18.4 Å². The smallest absolute Gasteiger partial charge is 0.141 e. The van der Waals surface area contributed by atoms with Crippen molar-refractivity contribution in [2.24, 2.45) is 5.92 Å². The number of benzene rings is 1. The van der Waals surface area contributed by atoms with Crippen LogP contribution in [0.5, 0.6) is 5.75 Å². The fourth-order valence-corrected chi connectivity index (χ4v) is 2.30. The lowest BCUT2D eigenvalue weighted by atomic mass is 9.98. The highest BCUT2D eigenvalue weighted by Crippen LogP contribution is 2.26. The molecular formula is C14H22N2O. The second kappa shape index (κ2) is 5.92. The quantitative estimate of drug-likeness (QED) is 0.839. The predicted octanol–water partition coefficient (Wildman–Crippen LogP) is 2.42. The maximum Gasteiger partial charge on any atom is 0.141 e. The molecule has 1 heterocycles. The number of methoxy groups -OCH3 is 1. The lowest BCUT2D eigenvalue weighted by Crippen LogP contribution is -2.31. The zero-order valence-electron chi connectivity index (χ0n) is 10.8. The third kappa shape index (κ3) is 3.37. The largest absolute Gasteiger partial charge is 0.495 e. The third-order valence-electron chi connectivity index (χ3n) is 3.39. The van der Waals surface area contributed by atoms with Gasteiger partial charge in [-0.25, -0.2) is 0 Å². The molecule has 94 valence electrons. The third-order valence-corrected chi connectivity index (χ3v) is 3.39. The minimum absolute atomic E-state index is 0.779. The van der Waals surface area contributed by atoms with Crippen LogP contribution in [-0.2, 0) is 0 Å². The molecule has 0 saturated carbocycles. The van der Waals surface area contributed by atoms with E-state index in [9.17, 15) is 0 Å². The van der Waals surface area contributed by atoms with Crippen molar-refractivity contribution in [3.8, 4) is 5.75 Å². The number of hydrogen-bond donors (Lipinski definition) is 2. The lowest BCUT2D eigenvalue weighted by molar-refractivity contribution is 0.387. The standard InChI is InChI=1S/C14H22N2O/c1-11-3-4-14(17-2)13(9-11)16-10-12-5-7-15-8-6-12/h3-4,9,12,15-16H,5-8,10H2,1-2H3. The summed E-state index contributed by atoms with van der Waals surface area (Å²) in [5, 5.41) is 6.91. The maximum absolute atomic E-state index is 5.37. The van der Waals surface area contributed by atoms with Crippen LogP contribution >= 0.6 is 0 Å². The molecule has 2 N–H and O–H groups in total. The number of aryl methyl sites for hydroxylation is 1. The summed E-state index contributed by atoms with van der Waals surface area (Å²) in [6.07, 6.45) is 2.53. The number of rotatable bonds is 4. The van der Waals surface area contributed by atoms with Crippen LogP contribution in [0.25, 0.3) is 0 Å². The van der Waals surface area contributed by atoms with E-state index in [1.54, 1.807) is 7.11 Å². The van der Waals surface area contributed by atoms with Crippen molar-refractivity contribution in [2.75, 3.05) is 32.1 Å². The molecule has 1 aromatic carbocycles. The minimum atomic E-state index is 0.779. The van der Waals surface area contributed by atoms with Gasteiger partial charge in [-0.1, -0.05) is 6.07 Å². The first-order valence-corrected chi connectivity index (χ1v) is 6.39.